The Bertz CT molecular complexity index is 1540. The summed E-state index contributed by atoms with van der Waals surface area (Å²) < 4.78 is 22.7. The van der Waals surface area contributed by atoms with E-state index in [0.29, 0.717) is 23.9 Å². The zero-order chi connectivity index (χ0) is 50.6. The fraction of sp³-hybridized carbons (Fsp3) is 0.617. The first-order chi connectivity index (χ1) is 33.6. The third-order valence-corrected chi connectivity index (χ3v) is 10.7. The average molecular weight is 961 g/mol. The zero-order valence-corrected chi connectivity index (χ0v) is 44.2. The summed E-state index contributed by atoms with van der Waals surface area (Å²) in [5, 5.41) is 9.66. The number of esters is 2. The topological polar surface area (TPSA) is 108 Å². The molecule has 390 valence electrons. The SMILES string of the molecule is CC/C=C\C/C=C\C/C=C\C/C=C\C/C=C\C/C=C\CCCCCCCCCCCCCCC(=O)OC(COC(=O)CC/C=C\C/C=C\C/C=C\C/C=C\CC)COC(OCC[N+](C)(C)C)C(=O)O. The van der Waals surface area contributed by atoms with Crippen LogP contribution in [0.15, 0.2) is 122 Å². The lowest BCUT2D eigenvalue weighted by Crippen LogP contribution is -2.40. The minimum Gasteiger partial charge on any atom is -0.477 e. The summed E-state index contributed by atoms with van der Waals surface area (Å²) in [5.41, 5.74) is 0. The smallest absolute Gasteiger partial charge is 0.361 e. The van der Waals surface area contributed by atoms with E-state index >= 15 is 0 Å². The Hall–Kier alpha value is -4.31. The summed E-state index contributed by atoms with van der Waals surface area (Å²) in [4.78, 5) is 37.2. The van der Waals surface area contributed by atoms with Crippen LogP contribution < -0.4 is 0 Å². The highest BCUT2D eigenvalue weighted by Crippen LogP contribution is 2.14. The Kier molecular flexibility index (Phi) is 47.0. The molecule has 69 heavy (non-hydrogen) atoms. The maximum Gasteiger partial charge on any atom is 0.361 e. The molecule has 0 rings (SSSR count). The molecule has 0 aromatic heterocycles. The second-order valence-corrected chi connectivity index (χ2v) is 18.4. The standard InChI is InChI=1S/C60H97NO8/c1-6-8-10-12-14-16-18-20-21-22-23-24-25-26-27-28-29-30-31-32-33-34-35-36-37-39-41-43-45-47-49-51-58(63)69-56(55-68-60(59(64)65)66-53-52-61(3,4)5)54-67-57(62)50-48-46-44-42-40-38-19-17-15-13-11-9-7-2/h8-11,14-17,20-21,23-24,26-27,29-30,38,40,44,46,56,60H,6-7,12-13,18-19,22,25,28,31-37,39,41-43,45,47-55H2,1-5H3/p+1/b10-8-,11-9-,16-14-,17-15-,21-20-,24-23-,27-26-,30-29-,40-38-,46-44-. The van der Waals surface area contributed by atoms with Crippen LogP contribution in [0.1, 0.15) is 181 Å². The second kappa shape index (κ2) is 50.1. The number of unbranched alkanes of at least 4 members (excludes halogenated alkanes) is 12. The van der Waals surface area contributed by atoms with Crippen LogP contribution in [0.3, 0.4) is 0 Å². The number of hydrogen-bond acceptors (Lipinski definition) is 7. The number of nitrogens with zero attached hydrogens (tertiary/aromatic N) is 1. The largest absolute Gasteiger partial charge is 0.477 e. The molecular formula is C60H98NO8+. The molecule has 0 saturated heterocycles. The first-order valence-corrected chi connectivity index (χ1v) is 26.7. The molecule has 0 aliphatic heterocycles. The number of rotatable bonds is 47. The van der Waals surface area contributed by atoms with Gasteiger partial charge in [-0.15, -0.1) is 0 Å². The van der Waals surface area contributed by atoms with Gasteiger partial charge >= 0.3 is 17.9 Å². The minimum absolute atomic E-state index is 0.171. The van der Waals surface area contributed by atoms with E-state index in [9.17, 15) is 19.5 Å². The lowest BCUT2D eigenvalue weighted by Gasteiger charge is -2.25. The van der Waals surface area contributed by atoms with Crippen molar-refractivity contribution in [2.24, 2.45) is 0 Å². The van der Waals surface area contributed by atoms with Crippen molar-refractivity contribution < 1.29 is 42.9 Å². The number of carbonyl (C=O) groups is 3. The molecule has 0 spiro atoms. The van der Waals surface area contributed by atoms with Gasteiger partial charge in [-0.05, 0) is 89.9 Å². The number of aliphatic carboxylic acids is 1. The number of allylic oxidation sites excluding steroid dienone is 20. The van der Waals surface area contributed by atoms with Gasteiger partial charge in [0.25, 0.3) is 6.29 Å². The summed E-state index contributed by atoms with van der Waals surface area (Å²) in [6, 6.07) is 0. The lowest BCUT2D eigenvalue weighted by atomic mass is 10.0. The van der Waals surface area contributed by atoms with Gasteiger partial charge in [-0.25, -0.2) is 4.79 Å². The van der Waals surface area contributed by atoms with Crippen LogP contribution in [0.5, 0.6) is 0 Å². The van der Waals surface area contributed by atoms with E-state index in [2.05, 4.69) is 123 Å². The molecule has 0 saturated carbocycles. The predicted molar refractivity (Wildman–Crippen MR) is 290 cm³/mol. The van der Waals surface area contributed by atoms with Gasteiger partial charge in [0.1, 0.15) is 13.2 Å². The number of carboxylic acid groups (broad SMARTS) is 1. The third-order valence-electron chi connectivity index (χ3n) is 10.7. The highest BCUT2D eigenvalue weighted by molar-refractivity contribution is 5.71. The van der Waals surface area contributed by atoms with Crippen LogP contribution in [0.2, 0.25) is 0 Å². The van der Waals surface area contributed by atoms with E-state index in [1.54, 1.807) is 0 Å². The lowest BCUT2D eigenvalue weighted by molar-refractivity contribution is -0.870. The molecule has 2 unspecified atom stereocenters. The molecule has 0 aliphatic carbocycles. The summed E-state index contributed by atoms with van der Waals surface area (Å²) in [6.07, 6.45) is 67.3. The van der Waals surface area contributed by atoms with Gasteiger partial charge in [0.05, 0.1) is 34.4 Å². The fourth-order valence-corrected chi connectivity index (χ4v) is 6.68. The minimum atomic E-state index is -1.53. The second-order valence-electron chi connectivity index (χ2n) is 18.4. The van der Waals surface area contributed by atoms with E-state index < -0.39 is 30.3 Å². The van der Waals surface area contributed by atoms with Crippen LogP contribution in [-0.2, 0) is 33.3 Å². The molecule has 9 nitrogen and oxygen atoms in total. The number of carboxylic acids is 1. The Morgan fingerprint density at radius 2 is 0.812 bits per heavy atom. The number of hydrogen-bond donors (Lipinski definition) is 1. The molecule has 9 heteroatoms. The molecular weight excluding hydrogens is 863 g/mol. The normalized spacial score (nSPS) is 13.8. The molecule has 1 N–H and O–H groups in total. The van der Waals surface area contributed by atoms with Crippen molar-refractivity contribution in [1.82, 2.24) is 0 Å². The zero-order valence-electron chi connectivity index (χ0n) is 44.2. The van der Waals surface area contributed by atoms with Crippen molar-refractivity contribution in [2.75, 3.05) is 47.5 Å². The maximum atomic E-state index is 12.8. The van der Waals surface area contributed by atoms with Crippen molar-refractivity contribution in [3.63, 3.8) is 0 Å². The molecule has 0 aromatic carbocycles. The van der Waals surface area contributed by atoms with Crippen molar-refractivity contribution in [3.8, 4) is 0 Å². The Balaban J connectivity index is 4.26. The monoisotopic (exact) mass is 961 g/mol. The van der Waals surface area contributed by atoms with Crippen LogP contribution >= 0.6 is 0 Å². The van der Waals surface area contributed by atoms with Gasteiger partial charge in [-0.1, -0.05) is 200 Å². The van der Waals surface area contributed by atoms with Crippen molar-refractivity contribution in [1.29, 1.82) is 0 Å². The fourth-order valence-electron chi connectivity index (χ4n) is 6.68. The van der Waals surface area contributed by atoms with Gasteiger partial charge < -0.3 is 28.5 Å². The molecule has 0 aliphatic rings. The van der Waals surface area contributed by atoms with E-state index in [1.807, 2.05) is 33.3 Å². The van der Waals surface area contributed by atoms with Gasteiger partial charge in [-0.2, -0.15) is 0 Å². The molecule has 2 atom stereocenters. The molecule has 0 radical (unpaired) electrons. The Morgan fingerprint density at radius 1 is 0.435 bits per heavy atom. The summed E-state index contributed by atoms with van der Waals surface area (Å²) in [7, 11) is 5.93. The van der Waals surface area contributed by atoms with Gasteiger partial charge in [0.2, 0.25) is 0 Å². The molecule has 0 aromatic rings. The van der Waals surface area contributed by atoms with Crippen LogP contribution in [0.4, 0.5) is 0 Å². The first kappa shape index (κ1) is 64.7. The summed E-state index contributed by atoms with van der Waals surface area (Å²) in [6.45, 7) is 4.53. The molecule has 0 amide bonds. The number of quaternary nitrogens is 1. The van der Waals surface area contributed by atoms with E-state index in [0.717, 1.165) is 83.5 Å². The summed E-state index contributed by atoms with van der Waals surface area (Å²) >= 11 is 0. The van der Waals surface area contributed by atoms with E-state index in [1.165, 1.54) is 57.8 Å². The van der Waals surface area contributed by atoms with Crippen LogP contribution in [0.25, 0.3) is 0 Å². The quantitative estimate of drug-likeness (QED) is 0.0211. The van der Waals surface area contributed by atoms with E-state index in [-0.39, 0.29) is 32.7 Å². The number of likely N-dealkylation sites (N-methyl/N-ethyl adjacent to an activating group) is 1. The molecule has 0 bridgehead atoms. The highest BCUT2D eigenvalue weighted by Gasteiger charge is 2.25. The van der Waals surface area contributed by atoms with Crippen molar-refractivity contribution >= 4 is 17.9 Å². The Labute approximate surface area is 421 Å². The number of carbonyl (C=O) groups excluding carboxylic acids is 2. The van der Waals surface area contributed by atoms with Crippen LogP contribution in [-0.4, -0.2) is 87.4 Å². The first-order valence-electron chi connectivity index (χ1n) is 26.7. The molecule has 0 fully saturated rings. The van der Waals surface area contributed by atoms with Gasteiger partial charge in [-0.3, -0.25) is 9.59 Å². The number of ether oxygens (including phenoxy) is 4. The third kappa shape index (κ3) is 51.4. The van der Waals surface area contributed by atoms with E-state index in [4.69, 9.17) is 18.9 Å². The highest BCUT2D eigenvalue weighted by atomic mass is 16.7. The predicted octanol–water partition coefficient (Wildman–Crippen LogP) is 15.3. The van der Waals surface area contributed by atoms with Crippen LogP contribution in [0, 0.1) is 0 Å². The van der Waals surface area contributed by atoms with Crippen molar-refractivity contribution in [3.05, 3.63) is 122 Å². The Morgan fingerprint density at radius 3 is 1.22 bits per heavy atom. The van der Waals surface area contributed by atoms with Gasteiger partial charge in [0, 0.05) is 12.8 Å². The molecule has 0 heterocycles. The van der Waals surface area contributed by atoms with Crippen molar-refractivity contribution in [2.45, 2.75) is 193 Å². The summed E-state index contributed by atoms with van der Waals surface area (Å²) in [5.74, 6) is -2.13. The maximum absolute atomic E-state index is 12.8. The van der Waals surface area contributed by atoms with Gasteiger partial charge in [0.15, 0.2) is 6.10 Å². The average Bonchev–Trinajstić information content (AvgIpc) is 3.31.